The Kier molecular flexibility index (Phi) is 5.28. The largest absolute Gasteiger partial charge is 0.349 e. The Bertz CT molecular complexity index is 411. The quantitative estimate of drug-likeness (QED) is 0.890. The third-order valence-corrected chi connectivity index (χ3v) is 4.93. The van der Waals surface area contributed by atoms with E-state index in [1.54, 1.807) is 0 Å². The van der Waals surface area contributed by atoms with Crippen LogP contribution in [0, 0.1) is 0 Å². The molecule has 1 amide bonds. The van der Waals surface area contributed by atoms with Crippen molar-refractivity contribution >= 4 is 17.7 Å². The number of nitrogens with two attached hydrogens (primary N) is 1. The van der Waals surface area contributed by atoms with Crippen LogP contribution in [0.2, 0.25) is 0 Å². The van der Waals surface area contributed by atoms with Gasteiger partial charge in [0.15, 0.2) is 0 Å². The molecule has 3 nitrogen and oxygen atoms in total. The number of amides is 1. The summed E-state index contributed by atoms with van der Waals surface area (Å²) < 4.78 is 0. The molecule has 0 radical (unpaired) electrons. The van der Waals surface area contributed by atoms with E-state index in [-0.39, 0.29) is 5.91 Å². The van der Waals surface area contributed by atoms with Crippen molar-refractivity contribution < 1.29 is 4.79 Å². The van der Waals surface area contributed by atoms with Gasteiger partial charge in [-0.05, 0) is 49.6 Å². The van der Waals surface area contributed by atoms with Gasteiger partial charge in [-0.1, -0.05) is 12.1 Å². The molecule has 2 rings (SSSR count). The number of benzene rings is 1. The van der Waals surface area contributed by atoms with Crippen molar-refractivity contribution in [1.29, 1.82) is 0 Å². The predicted molar refractivity (Wildman–Crippen MR) is 81.4 cm³/mol. The molecule has 1 fully saturated rings. The van der Waals surface area contributed by atoms with Gasteiger partial charge in [0.05, 0.1) is 0 Å². The SMILES string of the molecule is CSC1CCC(NC(=O)c2ccc(CN)cc2)CC1. The minimum Gasteiger partial charge on any atom is -0.349 e. The smallest absolute Gasteiger partial charge is 0.251 e. The monoisotopic (exact) mass is 278 g/mol. The first-order chi connectivity index (χ1) is 9.22. The molecule has 1 aromatic carbocycles. The highest BCUT2D eigenvalue weighted by atomic mass is 32.2. The summed E-state index contributed by atoms with van der Waals surface area (Å²) in [6.07, 6.45) is 6.77. The van der Waals surface area contributed by atoms with Crippen LogP contribution >= 0.6 is 11.8 Å². The van der Waals surface area contributed by atoms with E-state index in [0.29, 0.717) is 12.6 Å². The molecule has 1 aliphatic rings. The standard InChI is InChI=1S/C15H22N2OS/c1-19-14-8-6-13(7-9-14)17-15(18)12-4-2-11(10-16)3-5-12/h2-5,13-14H,6-10,16H2,1H3,(H,17,18). The molecule has 0 unspecified atom stereocenters. The summed E-state index contributed by atoms with van der Waals surface area (Å²) in [4.78, 5) is 12.1. The fourth-order valence-corrected chi connectivity index (χ4v) is 3.25. The number of carbonyl (C=O) groups is 1. The Hall–Kier alpha value is -1.00. The minimum atomic E-state index is 0.0381. The third kappa shape index (κ3) is 3.98. The van der Waals surface area contributed by atoms with Gasteiger partial charge in [-0.25, -0.2) is 0 Å². The maximum Gasteiger partial charge on any atom is 0.251 e. The zero-order valence-electron chi connectivity index (χ0n) is 11.4. The molecule has 3 N–H and O–H groups in total. The minimum absolute atomic E-state index is 0.0381. The molecule has 1 aromatic rings. The van der Waals surface area contributed by atoms with Crippen LogP contribution in [0.15, 0.2) is 24.3 Å². The van der Waals surface area contributed by atoms with Crippen molar-refractivity contribution in [2.45, 2.75) is 43.5 Å². The number of thioether (sulfide) groups is 1. The maximum absolute atomic E-state index is 12.1. The van der Waals surface area contributed by atoms with Crippen LogP contribution in [0.4, 0.5) is 0 Å². The van der Waals surface area contributed by atoms with Crippen molar-refractivity contribution in [2.75, 3.05) is 6.26 Å². The van der Waals surface area contributed by atoms with Gasteiger partial charge in [-0.3, -0.25) is 4.79 Å². The Labute approximate surface area is 119 Å². The average molecular weight is 278 g/mol. The Morgan fingerprint density at radius 2 is 1.89 bits per heavy atom. The summed E-state index contributed by atoms with van der Waals surface area (Å²) in [7, 11) is 0. The van der Waals surface area contributed by atoms with Crippen LogP contribution in [0.5, 0.6) is 0 Å². The Morgan fingerprint density at radius 3 is 2.42 bits per heavy atom. The summed E-state index contributed by atoms with van der Waals surface area (Å²) in [5.74, 6) is 0.0381. The molecule has 0 bridgehead atoms. The van der Waals surface area contributed by atoms with Gasteiger partial charge in [0.25, 0.3) is 5.91 Å². The summed E-state index contributed by atoms with van der Waals surface area (Å²) >= 11 is 1.94. The van der Waals surface area contributed by atoms with E-state index in [9.17, 15) is 4.79 Å². The number of hydrogen-bond donors (Lipinski definition) is 2. The highest BCUT2D eigenvalue weighted by molar-refractivity contribution is 7.99. The number of rotatable bonds is 4. The Balaban J connectivity index is 1.87. The molecular formula is C15H22N2OS. The van der Waals surface area contributed by atoms with Gasteiger partial charge in [-0.15, -0.1) is 0 Å². The lowest BCUT2D eigenvalue weighted by molar-refractivity contribution is 0.0928. The van der Waals surface area contributed by atoms with E-state index in [1.807, 2.05) is 36.0 Å². The third-order valence-electron chi connectivity index (χ3n) is 3.79. The summed E-state index contributed by atoms with van der Waals surface area (Å²) in [6, 6.07) is 7.87. The molecule has 0 spiro atoms. The van der Waals surface area contributed by atoms with Crippen molar-refractivity contribution in [2.24, 2.45) is 5.73 Å². The molecular weight excluding hydrogens is 256 g/mol. The van der Waals surface area contributed by atoms with Gasteiger partial charge in [-0.2, -0.15) is 11.8 Å². The fourth-order valence-electron chi connectivity index (χ4n) is 2.50. The molecule has 1 saturated carbocycles. The number of nitrogens with one attached hydrogen (secondary N) is 1. The van der Waals surface area contributed by atoms with E-state index in [4.69, 9.17) is 5.73 Å². The summed E-state index contributed by atoms with van der Waals surface area (Å²) in [6.45, 7) is 0.514. The van der Waals surface area contributed by atoms with Crippen LogP contribution in [-0.4, -0.2) is 23.5 Å². The zero-order valence-corrected chi connectivity index (χ0v) is 12.2. The lowest BCUT2D eigenvalue weighted by Crippen LogP contribution is -2.38. The number of carbonyl (C=O) groups excluding carboxylic acids is 1. The van der Waals surface area contributed by atoms with Crippen LogP contribution in [0.3, 0.4) is 0 Å². The van der Waals surface area contributed by atoms with Crippen LogP contribution in [0.1, 0.15) is 41.6 Å². The molecule has 0 aromatic heterocycles. The number of hydrogen-bond acceptors (Lipinski definition) is 3. The van der Waals surface area contributed by atoms with Gasteiger partial charge >= 0.3 is 0 Å². The highest BCUT2D eigenvalue weighted by Crippen LogP contribution is 2.26. The van der Waals surface area contributed by atoms with Crippen LogP contribution in [-0.2, 0) is 6.54 Å². The maximum atomic E-state index is 12.1. The molecule has 0 heterocycles. The van der Waals surface area contributed by atoms with Crippen molar-refractivity contribution in [3.63, 3.8) is 0 Å². The second kappa shape index (κ2) is 6.96. The summed E-state index contributed by atoms with van der Waals surface area (Å²) in [5, 5.41) is 3.91. The molecule has 1 aliphatic carbocycles. The van der Waals surface area contributed by atoms with Crippen LogP contribution < -0.4 is 11.1 Å². The lowest BCUT2D eigenvalue weighted by atomic mass is 9.94. The first kappa shape index (κ1) is 14.4. The fraction of sp³-hybridized carbons (Fsp3) is 0.533. The summed E-state index contributed by atoms with van der Waals surface area (Å²) in [5.41, 5.74) is 7.33. The first-order valence-corrected chi connectivity index (χ1v) is 8.14. The van der Waals surface area contributed by atoms with E-state index < -0.39 is 0 Å². The molecule has 0 atom stereocenters. The van der Waals surface area contributed by atoms with Gasteiger partial charge in [0, 0.05) is 23.4 Å². The molecule has 104 valence electrons. The predicted octanol–water partition coefficient (Wildman–Crippen LogP) is 2.55. The van der Waals surface area contributed by atoms with Crippen molar-refractivity contribution in [3.05, 3.63) is 35.4 Å². The van der Waals surface area contributed by atoms with E-state index >= 15 is 0 Å². The van der Waals surface area contributed by atoms with Crippen molar-refractivity contribution in [1.82, 2.24) is 5.32 Å². The Morgan fingerprint density at radius 1 is 1.26 bits per heavy atom. The van der Waals surface area contributed by atoms with E-state index in [1.165, 1.54) is 12.8 Å². The molecule has 4 heteroatoms. The van der Waals surface area contributed by atoms with Crippen LogP contribution in [0.25, 0.3) is 0 Å². The van der Waals surface area contributed by atoms with E-state index in [2.05, 4.69) is 11.6 Å². The van der Waals surface area contributed by atoms with Crippen molar-refractivity contribution in [3.8, 4) is 0 Å². The highest BCUT2D eigenvalue weighted by Gasteiger charge is 2.21. The second-order valence-corrected chi connectivity index (χ2v) is 6.22. The van der Waals surface area contributed by atoms with Gasteiger partial charge in [0.1, 0.15) is 0 Å². The lowest BCUT2D eigenvalue weighted by Gasteiger charge is -2.28. The van der Waals surface area contributed by atoms with Gasteiger partial charge in [0.2, 0.25) is 0 Å². The zero-order chi connectivity index (χ0) is 13.7. The van der Waals surface area contributed by atoms with E-state index in [0.717, 1.165) is 29.2 Å². The normalized spacial score (nSPS) is 23.1. The molecule has 19 heavy (non-hydrogen) atoms. The molecule has 0 saturated heterocycles. The first-order valence-electron chi connectivity index (χ1n) is 6.85. The van der Waals surface area contributed by atoms with Gasteiger partial charge < -0.3 is 11.1 Å². The average Bonchev–Trinajstić information content (AvgIpc) is 2.48. The topological polar surface area (TPSA) is 55.1 Å². The molecule has 0 aliphatic heterocycles. The second-order valence-electron chi connectivity index (χ2n) is 5.08.